The number of nitrogens with zero attached hydrogens (tertiary/aromatic N) is 4. The van der Waals surface area contributed by atoms with Crippen LogP contribution in [-0.2, 0) is 9.53 Å². The first-order valence-electron chi connectivity index (χ1n) is 6.86. The summed E-state index contributed by atoms with van der Waals surface area (Å²) in [5.41, 5.74) is 6.11. The maximum atomic E-state index is 12.4. The summed E-state index contributed by atoms with van der Waals surface area (Å²) in [5, 5.41) is 10.1. The van der Waals surface area contributed by atoms with Crippen molar-refractivity contribution < 1.29 is 27.8 Å². The van der Waals surface area contributed by atoms with Gasteiger partial charge in [0.15, 0.2) is 10.8 Å². The SMILES string of the molecule is N[C@@H]1C[C@@H](n2cnc3c(Cl)nc(Cl)nc32)[C@@H](O)[C@@H]1OC(=O)C(F)(F)F. The van der Waals surface area contributed by atoms with Crippen LogP contribution in [-0.4, -0.2) is 55.0 Å². The largest absolute Gasteiger partial charge is 0.490 e. The zero-order valence-electron chi connectivity index (χ0n) is 12.1. The molecule has 8 nitrogen and oxygen atoms in total. The molecule has 1 aliphatic rings. The summed E-state index contributed by atoms with van der Waals surface area (Å²) in [5.74, 6) is -2.42. The number of aliphatic hydroxyl groups excluding tert-OH is 1. The molecule has 0 spiro atoms. The highest BCUT2D eigenvalue weighted by Gasteiger charge is 2.49. The molecule has 2 aromatic heterocycles. The number of rotatable bonds is 2. The van der Waals surface area contributed by atoms with Gasteiger partial charge in [0.25, 0.3) is 0 Å². The van der Waals surface area contributed by atoms with Crippen molar-refractivity contribution in [3.05, 3.63) is 16.8 Å². The summed E-state index contributed by atoms with van der Waals surface area (Å²) in [7, 11) is 0. The van der Waals surface area contributed by atoms with Gasteiger partial charge >= 0.3 is 12.1 Å². The monoisotopic (exact) mass is 399 g/mol. The lowest BCUT2D eigenvalue weighted by atomic mass is 10.2. The summed E-state index contributed by atoms with van der Waals surface area (Å²) >= 11 is 11.6. The van der Waals surface area contributed by atoms with Gasteiger partial charge in [0.2, 0.25) is 5.28 Å². The number of imidazole rings is 1. The summed E-state index contributed by atoms with van der Waals surface area (Å²) in [6.45, 7) is 0. The van der Waals surface area contributed by atoms with Gasteiger partial charge in [-0.3, -0.25) is 0 Å². The molecule has 0 amide bonds. The lowest BCUT2D eigenvalue weighted by Crippen LogP contribution is -2.43. The van der Waals surface area contributed by atoms with Crippen LogP contribution in [0.4, 0.5) is 13.2 Å². The predicted octanol–water partition coefficient (Wildman–Crippen LogP) is 1.24. The molecule has 13 heteroatoms. The number of halogens is 5. The van der Waals surface area contributed by atoms with Crippen LogP contribution in [0.3, 0.4) is 0 Å². The molecule has 4 atom stereocenters. The first kappa shape index (κ1) is 18.1. The Morgan fingerprint density at radius 2 is 2.08 bits per heavy atom. The van der Waals surface area contributed by atoms with Crippen molar-refractivity contribution in [2.24, 2.45) is 5.73 Å². The average Bonchev–Trinajstić information content (AvgIpc) is 3.02. The Labute approximate surface area is 147 Å². The summed E-state index contributed by atoms with van der Waals surface area (Å²) in [6, 6.07) is -1.86. The number of ether oxygens (including phenoxy) is 1. The standard InChI is InChI=1S/C12H10Cl2F3N5O3/c13-8-5-9(21-11(14)20-8)22(2-19-5)4-1-3(18)7(6(4)23)25-10(24)12(15,16)17/h2-4,6-7,23H,1,18H2/t3-,4-,6-,7-/m1/s1. The Balaban J connectivity index is 1.91. The van der Waals surface area contributed by atoms with Gasteiger partial charge in [-0.05, 0) is 18.0 Å². The Bertz CT molecular complexity index is 830. The number of carbonyl (C=O) groups is 1. The Hall–Kier alpha value is -1.69. The molecule has 25 heavy (non-hydrogen) atoms. The third-order valence-corrected chi connectivity index (χ3v) is 4.28. The van der Waals surface area contributed by atoms with E-state index in [0.29, 0.717) is 0 Å². The van der Waals surface area contributed by atoms with Crippen LogP contribution in [0.2, 0.25) is 10.4 Å². The number of nitrogens with two attached hydrogens (primary N) is 1. The van der Waals surface area contributed by atoms with Crippen molar-refractivity contribution in [2.75, 3.05) is 0 Å². The highest BCUT2D eigenvalue weighted by Crippen LogP contribution is 2.35. The summed E-state index contributed by atoms with van der Waals surface area (Å²) in [4.78, 5) is 22.7. The number of aromatic nitrogens is 4. The molecular weight excluding hydrogens is 390 g/mol. The third kappa shape index (κ3) is 3.24. The van der Waals surface area contributed by atoms with Gasteiger partial charge in [0.1, 0.15) is 17.7 Å². The van der Waals surface area contributed by atoms with Crippen LogP contribution in [0.1, 0.15) is 12.5 Å². The van der Waals surface area contributed by atoms with E-state index in [1.165, 1.54) is 10.9 Å². The number of fused-ring (bicyclic) bond motifs is 1. The lowest BCUT2D eigenvalue weighted by molar-refractivity contribution is -0.208. The normalized spacial score (nSPS) is 27.0. The van der Waals surface area contributed by atoms with Gasteiger partial charge in [0, 0.05) is 6.04 Å². The minimum atomic E-state index is -5.19. The van der Waals surface area contributed by atoms with Gasteiger partial charge in [-0.25, -0.2) is 14.8 Å². The molecule has 2 heterocycles. The molecule has 0 unspecified atom stereocenters. The smallest absolute Gasteiger partial charge is 0.451 e. The van der Waals surface area contributed by atoms with E-state index in [0.717, 1.165) is 0 Å². The maximum absolute atomic E-state index is 12.4. The number of esters is 1. The van der Waals surface area contributed by atoms with Crippen molar-refractivity contribution in [2.45, 2.75) is 36.9 Å². The highest BCUT2D eigenvalue weighted by atomic mass is 35.5. The minimum absolute atomic E-state index is 0.0155. The first-order chi connectivity index (χ1) is 11.6. The fraction of sp³-hybridized carbons (Fsp3) is 0.500. The maximum Gasteiger partial charge on any atom is 0.490 e. The lowest BCUT2D eigenvalue weighted by Gasteiger charge is -2.22. The van der Waals surface area contributed by atoms with Crippen LogP contribution in [0, 0.1) is 0 Å². The fourth-order valence-corrected chi connectivity index (χ4v) is 3.17. The molecule has 1 saturated carbocycles. The zero-order chi connectivity index (χ0) is 18.5. The molecule has 0 bridgehead atoms. The molecule has 1 fully saturated rings. The van der Waals surface area contributed by atoms with E-state index in [2.05, 4.69) is 19.7 Å². The molecule has 0 saturated heterocycles. The van der Waals surface area contributed by atoms with E-state index in [-0.39, 0.29) is 28.0 Å². The van der Waals surface area contributed by atoms with Gasteiger partial charge < -0.3 is 20.1 Å². The number of carbonyl (C=O) groups excluding carboxylic acids is 1. The van der Waals surface area contributed by atoms with Gasteiger partial charge in [-0.15, -0.1) is 0 Å². The van der Waals surface area contributed by atoms with E-state index in [1.54, 1.807) is 0 Å². The topological polar surface area (TPSA) is 116 Å². The molecule has 0 aliphatic heterocycles. The Kier molecular flexibility index (Phi) is 4.52. The summed E-state index contributed by atoms with van der Waals surface area (Å²) in [6.07, 6.45) is -6.94. The quantitative estimate of drug-likeness (QED) is 0.443. The third-order valence-electron chi connectivity index (χ3n) is 3.85. The van der Waals surface area contributed by atoms with E-state index < -0.39 is 36.4 Å². The van der Waals surface area contributed by atoms with Crippen molar-refractivity contribution in [3.63, 3.8) is 0 Å². The molecule has 0 aromatic carbocycles. The molecule has 136 valence electrons. The van der Waals surface area contributed by atoms with E-state index in [1.807, 2.05) is 0 Å². The van der Waals surface area contributed by atoms with E-state index in [9.17, 15) is 23.1 Å². The van der Waals surface area contributed by atoms with Gasteiger partial charge in [0.05, 0.1) is 12.4 Å². The predicted molar refractivity (Wildman–Crippen MR) is 78.9 cm³/mol. The number of alkyl halides is 3. The summed E-state index contributed by atoms with van der Waals surface area (Å²) < 4.78 is 42.8. The number of hydrogen-bond donors (Lipinski definition) is 2. The first-order valence-corrected chi connectivity index (χ1v) is 7.62. The fourth-order valence-electron chi connectivity index (χ4n) is 2.75. The molecule has 1 aliphatic carbocycles. The molecule has 3 rings (SSSR count). The second-order valence-corrected chi connectivity index (χ2v) is 6.13. The van der Waals surface area contributed by atoms with Crippen LogP contribution in [0.15, 0.2) is 6.33 Å². The van der Waals surface area contributed by atoms with Crippen molar-refractivity contribution in [1.82, 2.24) is 19.5 Å². The molecular formula is C12H10Cl2F3N5O3. The molecule has 3 N–H and O–H groups in total. The molecule has 0 radical (unpaired) electrons. The van der Waals surface area contributed by atoms with E-state index in [4.69, 9.17) is 28.9 Å². The minimum Gasteiger partial charge on any atom is -0.451 e. The molecule has 2 aromatic rings. The van der Waals surface area contributed by atoms with Crippen molar-refractivity contribution in [3.8, 4) is 0 Å². The Morgan fingerprint density at radius 3 is 2.72 bits per heavy atom. The Morgan fingerprint density at radius 1 is 1.40 bits per heavy atom. The van der Waals surface area contributed by atoms with Crippen molar-refractivity contribution >= 4 is 40.3 Å². The van der Waals surface area contributed by atoms with E-state index >= 15 is 0 Å². The van der Waals surface area contributed by atoms with Gasteiger partial charge in [-0.1, -0.05) is 11.6 Å². The van der Waals surface area contributed by atoms with Crippen LogP contribution < -0.4 is 5.73 Å². The zero-order valence-corrected chi connectivity index (χ0v) is 13.6. The highest BCUT2D eigenvalue weighted by molar-refractivity contribution is 6.35. The van der Waals surface area contributed by atoms with Crippen LogP contribution in [0.25, 0.3) is 11.2 Å². The second kappa shape index (κ2) is 6.24. The average molecular weight is 400 g/mol. The van der Waals surface area contributed by atoms with Crippen molar-refractivity contribution in [1.29, 1.82) is 0 Å². The van der Waals surface area contributed by atoms with Crippen LogP contribution >= 0.6 is 23.2 Å². The van der Waals surface area contributed by atoms with Gasteiger partial charge in [-0.2, -0.15) is 18.2 Å². The second-order valence-electron chi connectivity index (χ2n) is 5.43. The number of aliphatic hydroxyl groups is 1. The number of hydrogen-bond acceptors (Lipinski definition) is 7. The van der Waals surface area contributed by atoms with Crippen LogP contribution in [0.5, 0.6) is 0 Å².